The minimum absolute atomic E-state index is 0.355. The van der Waals surface area contributed by atoms with Crippen molar-refractivity contribution in [1.29, 1.82) is 0 Å². The summed E-state index contributed by atoms with van der Waals surface area (Å²) < 4.78 is 42.5. The molecule has 0 saturated carbocycles. The van der Waals surface area contributed by atoms with Gasteiger partial charge in [0.15, 0.2) is 7.05 Å². The van der Waals surface area contributed by atoms with E-state index in [1.54, 1.807) is 40.5 Å². The number of alkyl halides is 3. The highest BCUT2D eigenvalue weighted by Crippen LogP contribution is 2.44. The average molecular weight is 301 g/mol. The Bertz CT molecular complexity index is 868. The molecule has 0 radical (unpaired) electrons. The second-order valence-corrected chi connectivity index (χ2v) is 4.80. The van der Waals surface area contributed by atoms with Gasteiger partial charge in [0.25, 0.3) is 11.4 Å². The van der Waals surface area contributed by atoms with Gasteiger partial charge in [-0.25, -0.2) is 4.85 Å². The van der Waals surface area contributed by atoms with E-state index in [1.807, 2.05) is 6.07 Å². The Morgan fingerprint density at radius 2 is 1.77 bits per heavy atom. The van der Waals surface area contributed by atoms with Gasteiger partial charge in [0.05, 0.1) is 12.1 Å². The van der Waals surface area contributed by atoms with Gasteiger partial charge in [-0.15, -0.1) is 0 Å². The van der Waals surface area contributed by atoms with Gasteiger partial charge >= 0.3 is 12.2 Å². The predicted molar refractivity (Wildman–Crippen MR) is 76.5 cm³/mol. The van der Waals surface area contributed by atoms with Crippen LogP contribution in [-0.2, 0) is 6.18 Å². The monoisotopic (exact) mass is 301 g/mol. The molecule has 3 nitrogen and oxygen atoms in total. The van der Waals surface area contributed by atoms with Crippen LogP contribution >= 0.6 is 0 Å². The minimum Gasteiger partial charge on any atom is -0.237 e. The largest absolute Gasteiger partial charge is 0.496 e. The summed E-state index contributed by atoms with van der Waals surface area (Å²) >= 11 is 0. The van der Waals surface area contributed by atoms with Crippen LogP contribution in [0.3, 0.4) is 0 Å². The summed E-state index contributed by atoms with van der Waals surface area (Å²) in [6.07, 6.45) is -4.57. The Balaban J connectivity index is 2.25. The summed E-state index contributed by atoms with van der Waals surface area (Å²) in [6.45, 7) is 6.98. The van der Waals surface area contributed by atoms with Crippen molar-refractivity contribution in [2.75, 3.05) is 7.05 Å². The zero-order valence-corrected chi connectivity index (χ0v) is 11.5. The first-order valence-electron chi connectivity index (χ1n) is 6.39. The van der Waals surface area contributed by atoms with E-state index in [9.17, 15) is 13.2 Å². The van der Waals surface area contributed by atoms with E-state index < -0.39 is 17.4 Å². The van der Waals surface area contributed by atoms with Gasteiger partial charge in [-0.05, 0) is 4.58 Å². The van der Waals surface area contributed by atoms with Crippen LogP contribution in [-0.4, -0.2) is 17.6 Å². The lowest BCUT2D eigenvalue weighted by Crippen LogP contribution is -2.07. The maximum absolute atomic E-state index is 13.1. The molecule has 0 amide bonds. The number of fused-ring (bicyclic) bond motifs is 1. The van der Waals surface area contributed by atoms with Crippen LogP contribution in [0.2, 0.25) is 0 Å². The first-order chi connectivity index (χ1) is 10.4. The molecule has 6 heteroatoms. The normalized spacial score (nSPS) is 13.2. The van der Waals surface area contributed by atoms with E-state index in [0.717, 1.165) is 6.07 Å². The number of para-hydroxylation sites is 1. The van der Waals surface area contributed by atoms with Crippen molar-refractivity contribution in [1.82, 2.24) is 4.58 Å². The van der Waals surface area contributed by atoms with E-state index in [-0.39, 0.29) is 0 Å². The van der Waals surface area contributed by atoms with E-state index >= 15 is 0 Å². The molecule has 0 unspecified atom stereocenters. The topological polar surface area (TPSA) is 10.4 Å². The molecule has 1 heterocycles. The first-order valence-corrected chi connectivity index (χ1v) is 6.39. The predicted octanol–water partition coefficient (Wildman–Crippen LogP) is 4.55. The number of nitrogens with zero attached hydrogens (tertiary/aromatic N) is 3. The summed E-state index contributed by atoms with van der Waals surface area (Å²) in [6, 6.07) is 14.2. The molecular formula is C16H10F3N3+2. The van der Waals surface area contributed by atoms with Crippen LogP contribution in [0.1, 0.15) is 5.56 Å². The number of hydrogen-bond donors (Lipinski definition) is 0. The van der Waals surface area contributed by atoms with Gasteiger partial charge in [-0.1, -0.05) is 22.8 Å². The summed E-state index contributed by atoms with van der Waals surface area (Å²) in [5.41, 5.74) is 0.238. The van der Waals surface area contributed by atoms with Crippen molar-refractivity contribution in [3.05, 3.63) is 59.4 Å². The summed E-state index contributed by atoms with van der Waals surface area (Å²) in [5.74, 6) is 0. The lowest BCUT2D eigenvalue weighted by atomic mass is 10.1. The molecule has 0 bridgehead atoms. The Labute approximate surface area is 124 Å². The Morgan fingerprint density at radius 1 is 1.09 bits per heavy atom. The molecule has 0 N–H and O–H groups in total. The van der Waals surface area contributed by atoms with Crippen LogP contribution in [0.15, 0.2) is 42.5 Å². The van der Waals surface area contributed by atoms with E-state index in [2.05, 4.69) is 10.9 Å². The van der Waals surface area contributed by atoms with Gasteiger partial charge in [-0.2, -0.15) is 13.2 Å². The van der Waals surface area contributed by atoms with Crippen molar-refractivity contribution in [3.63, 3.8) is 0 Å². The van der Waals surface area contributed by atoms with E-state index in [1.165, 1.54) is 6.07 Å². The van der Waals surface area contributed by atoms with Crippen molar-refractivity contribution < 1.29 is 17.7 Å². The van der Waals surface area contributed by atoms with Gasteiger partial charge < -0.3 is 0 Å². The lowest BCUT2D eigenvalue weighted by molar-refractivity contribution is -0.394. The van der Waals surface area contributed by atoms with Crippen molar-refractivity contribution in [2.24, 2.45) is 0 Å². The summed E-state index contributed by atoms with van der Waals surface area (Å²) in [7, 11) is 1.68. The van der Waals surface area contributed by atoms with Crippen molar-refractivity contribution >= 4 is 28.8 Å². The lowest BCUT2D eigenvalue weighted by Gasteiger charge is -2.08. The second-order valence-electron chi connectivity index (χ2n) is 4.80. The number of hydrogen-bond acceptors (Lipinski definition) is 0. The van der Waals surface area contributed by atoms with Crippen molar-refractivity contribution in [2.45, 2.75) is 6.18 Å². The zero-order valence-electron chi connectivity index (χ0n) is 11.5. The molecule has 22 heavy (non-hydrogen) atoms. The highest BCUT2D eigenvalue weighted by atomic mass is 19.4. The molecule has 0 atom stereocenters. The molecule has 108 valence electrons. The number of halogens is 3. The molecular weight excluding hydrogens is 291 g/mol. The molecule has 1 aliphatic rings. The quantitative estimate of drug-likeness (QED) is 0.540. The average Bonchev–Trinajstić information content (AvgIpc) is 2.82. The van der Waals surface area contributed by atoms with Crippen LogP contribution in [0, 0.1) is 6.57 Å². The summed E-state index contributed by atoms with van der Waals surface area (Å²) in [4.78, 5) is 3.00. The van der Waals surface area contributed by atoms with Crippen LogP contribution in [0.4, 0.5) is 35.9 Å². The molecule has 1 aliphatic heterocycles. The van der Waals surface area contributed by atoms with Gasteiger partial charge in [0.2, 0.25) is 11.4 Å². The van der Waals surface area contributed by atoms with Gasteiger partial charge in [0, 0.05) is 24.3 Å². The van der Waals surface area contributed by atoms with Gasteiger partial charge in [-0.3, -0.25) is 0 Å². The molecule has 0 spiro atoms. The van der Waals surface area contributed by atoms with Gasteiger partial charge in [0.1, 0.15) is 0 Å². The maximum Gasteiger partial charge on any atom is 0.496 e. The van der Waals surface area contributed by atoms with E-state index in [4.69, 9.17) is 6.57 Å². The highest BCUT2D eigenvalue weighted by molar-refractivity contribution is 5.79. The van der Waals surface area contributed by atoms with Crippen LogP contribution in [0.25, 0.3) is 4.85 Å². The zero-order chi connectivity index (χ0) is 15.9. The smallest absolute Gasteiger partial charge is 0.237 e. The fraction of sp³-hybridized carbons (Fsp3) is 0.125. The minimum atomic E-state index is -4.57. The molecule has 0 fully saturated rings. The third kappa shape index (κ3) is 2.18. The standard InChI is InChI=1S/C16H10F3N3/c1-20-13-9-14-15(8-12(13)16(17,18)19)22(10-21(14)2)11-6-4-3-5-7-11/h3-9H,2H3/q+2. The third-order valence-electron chi connectivity index (χ3n) is 3.39. The van der Waals surface area contributed by atoms with Crippen LogP contribution in [0.5, 0.6) is 0 Å². The molecule has 2 aromatic rings. The fourth-order valence-electron chi connectivity index (χ4n) is 2.36. The van der Waals surface area contributed by atoms with E-state index in [0.29, 0.717) is 17.1 Å². The second kappa shape index (κ2) is 4.83. The third-order valence-corrected chi connectivity index (χ3v) is 3.39. The number of rotatable bonds is 1. The highest BCUT2D eigenvalue weighted by Gasteiger charge is 2.41. The Kier molecular flexibility index (Phi) is 3.09. The molecule has 2 aromatic carbocycles. The maximum atomic E-state index is 13.1. The SMILES string of the molecule is [C-]#[N+]c1cc2c(cc1C(F)(F)F)[N+](c1ccccc1)=C=[N+]2C. The fourth-order valence-corrected chi connectivity index (χ4v) is 2.36. The number of benzene rings is 2. The Morgan fingerprint density at radius 3 is 2.36 bits per heavy atom. The first kappa shape index (κ1) is 14.1. The molecule has 0 saturated heterocycles. The molecule has 0 aromatic heterocycles. The summed E-state index contributed by atoms with van der Waals surface area (Å²) in [5, 5.41) is 0. The Hall–Kier alpha value is -2.90. The molecule has 3 rings (SSSR count). The van der Waals surface area contributed by atoms with Crippen LogP contribution < -0.4 is 4.58 Å². The molecule has 0 aliphatic carbocycles. The van der Waals surface area contributed by atoms with Crippen molar-refractivity contribution in [3.8, 4) is 0 Å².